The van der Waals surface area contributed by atoms with Gasteiger partial charge in [-0.1, -0.05) is 12.1 Å². The molecule has 0 aliphatic heterocycles. The maximum absolute atomic E-state index is 11.9. The van der Waals surface area contributed by atoms with Gasteiger partial charge in [-0.05, 0) is 24.6 Å². The third-order valence-corrected chi connectivity index (χ3v) is 2.83. The summed E-state index contributed by atoms with van der Waals surface area (Å²) in [7, 11) is 1.56. The summed E-state index contributed by atoms with van der Waals surface area (Å²) in [5.74, 6) is -0.956. The van der Waals surface area contributed by atoms with Gasteiger partial charge in [-0.25, -0.2) is 0 Å². The number of nitrogens with zero attached hydrogens (tertiary/aromatic N) is 1. The van der Waals surface area contributed by atoms with Crippen LogP contribution in [0.15, 0.2) is 36.0 Å². The molecule has 0 aliphatic rings. The number of nitrogens with one attached hydrogen (secondary N) is 2. The van der Waals surface area contributed by atoms with Crippen LogP contribution in [0.1, 0.15) is 18.5 Å². The Kier molecular flexibility index (Phi) is 6.44. The highest BCUT2D eigenvalue weighted by molar-refractivity contribution is 5.97. The number of ether oxygens (including phenoxy) is 1. The van der Waals surface area contributed by atoms with E-state index < -0.39 is 11.9 Å². The van der Waals surface area contributed by atoms with E-state index >= 15 is 0 Å². The third-order valence-electron chi connectivity index (χ3n) is 2.83. The maximum atomic E-state index is 11.9. The van der Waals surface area contributed by atoms with Crippen LogP contribution in [0.2, 0.25) is 0 Å². The Bertz CT molecular complexity index is 602. The van der Waals surface area contributed by atoms with Gasteiger partial charge in [0.25, 0.3) is 5.91 Å². The van der Waals surface area contributed by atoms with E-state index in [4.69, 9.17) is 15.1 Å². The minimum atomic E-state index is -1.08. The number of amides is 1. The van der Waals surface area contributed by atoms with Crippen molar-refractivity contribution in [3.63, 3.8) is 0 Å². The van der Waals surface area contributed by atoms with Crippen molar-refractivity contribution >= 4 is 11.9 Å². The van der Waals surface area contributed by atoms with E-state index in [2.05, 4.69) is 10.6 Å². The Hall–Kier alpha value is -3.01. The van der Waals surface area contributed by atoms with Crippen molar-refractivity contribution < 1.29 is 19.4 Å². The number of carboxylic acid groups (broad SMARTS) is 1. The topological polar surface area (TPSA) is 111 Å². The molecule has 0 spiro atoms. The molecule has 7 nitrogen and oxygen atoms in total. The van der Waals surface area contributed by atoms with Crippen LogP contribution in [0.5, 0.6) is 5.75 Å². The van der Waals surface area contributed by atoms with Crippen molar-refractivity contribution in [2.45, 2.75) is 13.0 Å². The van der Waals surface area contributed by atoms with Crippen LogP contribution in [0.4, 0.5) is 0 Å². The van der Waals surface area contributed by atoms with E-state index in [1.807, 2.05) is 12.1 Å². The average molecular weight is 303 g/mol. The van der Waals surface area contributed by atoms with Gasteiger partial charge in [-0.15, -0.1) is 0 Å². The molecule has 1 amide bonds. The Morgan fingerprint density at radius 2 is 2.05 bits per heavy atom. The number of methoxy groups -OCH3 is 1. The first-order chi connectivity index (χ1) is 10.5. The SMILES string of the molecule is COc1ccc(C(C)NC(=O)/C(C#N)=C\NCC(=O)O)cc1. The van der Waals surface area contributed by atoms with E-state index in [9.17, 15) is 9.59 Å². The second-order valence-electron chi connectivity index (χ2n) is 4.41. The normalized spacial score (nSPS) is 12.0. The number of aliphatic carboxylic acids is 1. The Morgan fingerprint density at radius 3 is 2.55 bits per heavy atom. The van der Waals surface area contributed by atoms with Crippen LogP contribution in [-0.4, -0.2) is 30.6 Å². The van der Waals surface area contributed by atoms with Gasteiger partial charge in [-0.2, -0.15) is 5.26 Å². The molecule has 0 heterocycles. The lowest BCUT2D eigenvalue weighted by Gasteiger charge is -2.14. The summed E-state index contributed by atoms with van der Waals surface area (Å²) in [6.45, 7) is 1.41. The molecule has 0 bridgehead atoms. The second kappa shape index (κ2) is 8.32. The predicted octanol–water partition coefficient (Wildman–Crippen LogP) is 0.954. The molecule has 3 N–H and O–H groups in total. The lowest BCUT2D eigenvalue weighted by molar-refractivity contribution is -0.135. The molecule has 7 heteroatoms. The zero-order valence-corrected chi connectivity index (χ0v) is 12.3. The van der Waals surface area contributed by atoms with Gasteiger partial charge in [0.05, 0.1) is 13.2 Å². The quantitative estimate of drug-likeness (QED) is 0.511. The minimum absolute atomic E-state index is 0.193. The Labute approximate surface area is 128 Å². The van der Waals surface area contributed by atoms with Gasteiger partial charge >= 0.3 is 5.97 Å². The molecule has 1 atom stereocenters. The van der Waals surface area contributed by atoms with Crippen LogP contribution in [0.25, 0.3) is 0 Å². The fraction of sp³-hybridized carbons (Fsp3) is 0.267. The molecule has 0 aromatic heterocycles. The van der Waals surface area contributed by atoms with Crippen molar-refractivity contribution in [2.24, 2.45) is 0 Å². The lowest BCUT2D eigenvalue weighted by atomic mass is 10.1. The predicted molar refractivity (Wildman–Crippen MR) is 78.9 cm³/mol. The largest absolute Gasteiger partial charge is 0.497 e. The molecule has 1 aromatic rings. The van der Waals surface area contributed by atoms with Crippen molar-refractivity contribution in [3.8, 4) is 11.8 Å². The van der Waals surface area contributed by atoms with E-state index in [0.29, 0.717) is 5.75 Å². The molecule has 0 saturated carbocycles. The molecular formula is C15H17N3O4. The summed E-state index contributed by atoms with van der Waals surface area (Å²) < 4.78 is 5.05. The zero-order chi connectivity index (χ0) is 16.5. The monoisotopic (exact) mass is 303 g/mol. The smallest absolute Gasteiger partial charge is 0.322 e. The molecule has 0 radical (unpaired) electrons. The van der Waals surface area contributed by atoms with Gasteiger partial charge < -0.3 is 20.5 Å². The number of benzene rings is 1. The highest BCUT2D eigenvalue weighted by Gasteiger charge is 2.13. The molecule has 0 fully saturated rings. The Balaban J connectivity index is 2.68. The van der Waals surface area contributed by atoms with Crippen LogP contribution >= 0.6 is 0 Å². The van der Waals surface area contributed by atoms with Crippen LogP contribution < -0.4 is 15.4 Å². The van der Waals surface area contributed by atoms with Gasteiger partial charge in [0.1, 0.15) is 23.9 Å². The summed E-state index contributed by atoms with van der Waals surface area (Å²) in [5.41, 5.74) is 0.659. The van der Waals surface area contributed by atoms with Crippen LogP contribution in [-0.2, 0) is 9.59 Å². The van der Waals surface area contributed by atoms with Crippen LogP contribution in [0.3, 0.4) is 0 Å². The highest BCUT2D eigenvalue weighted by Crippen LogP contribution is 2.17. The molecule has 0 saturated heterocycles. The molecular weight excluding hydrogens is 286 g/mol. The summed E-state index contributed by atoms with van der Waals surface area (Å²) in [4.78, 5) is 22.3. The van der Waals surface area contributed by atoms with Crippen LogP contribution in [0, 0.1) is 11.3 Å². The summed E-state index contributed by atoms with van der Waals surface area (Å²) in [6.07, 6.45) is 1.09. The number of hydrogen-bond acceptors (Lipinski definition) is 5. The van der Waals surface area contributed by atoms with E-state index in [1.165, 1.54) is 0 Å². The van der Waals surface area contributed by atoms with Crippen molar-refractivity contribution in [1.29, 1.82) is 5.26 Å². The fourth-order valence-corrected chi connectivity index (χ4v) is 1.64. The molecule has 1 unspecified atom stereocenters. The fourth-order valence-electron chi connectivity index (χ4n) is 1.64. The highest BCUT2D eigenvalue weighted by atomic mass is 16.5. The van der Waals surface area contributed by atoms with Crippen molar-refractivity contribution in [1.82, 2.24) is 10.6 Å². The number of nitriles is 1. The van der Waals surface area contributed by atoms with Crippen molar-refractivity contribution in [3.05, 3.63) is 41.6 Å². The summed E-state index contributed by atoms with van der Waals surface area (Å²) >= 11 is 0. The van der Waals surface area contributed by atoms with Gasteiger partial charge in [0, 0.05) is 6.20 Å². The minimum Gasteiger partial charge on any atom is -0.497 e. The summed E-state index contributed by atoms with van der Waals surface area (Å²) in [6, 6.07) is 8.57. The van der Waals surface area contributed by atoms with E-state index in [-0.39, 0.29) is 18.2 Å². The van der Waals surface area contributed by atoms with Crippen molar-refractivity contribution in [2.75, 3.05) is 13.7 Å². The van der Waals surface area contributed by atoms with Gasteiger partial charge in [0.15, 0.2) is 0 Å². The first kappa shape index (κ1) is 17.0. The lowest BCUT2D eigenvalue weighted by Crippen LogP contribution is -2.29. The first-order valence-corrected chi connectivity index (χ1v) is 6.48. The third kappa shape index (κ3) is 5.17. The molecule has 116 valence electrons. The molecule has 0 aliphatic carbocycles. The van der Waals surface area contributed by atoms with E-state index in [0.717, 1.165) is 11.8 Å². The van der Waals surface area contributed by atoms with Gasteiger partial charge in [0.2, 0.25) is 0 Å². The molecule has 1 rings (SSSR count). The molecule has 1 aromatic carbocycles. The Morgan fingerprint density at radius 1 is 1.41 bits per heavy atom. The molecule has 22 heavy (non-hydrogen) atoms. The maximum Gasteiger partial charge on any atom is 0.322 e. The standard InChI is InChI=1S/C15H17N3O4/c1-10(11-3-5-13(22-2)6-4-11)18-15(21)12(7-16)8-17-9-14(19)20/h3-6,8,10,17H,9H2,1-2H3,(H,18,21)(H,19,20)/b12-8-. The van der Waals surface area contributed by atoms with E-state index in [1.54, 1.807) is 32.2 Å². The number of carboxylic acids is 1. The first-order valence-electron chi connectivity index (χ1n) is 6.48. The zero-order valence-electron chi connectivity index (χ0n) is 12.3. The number of carbonyl (C=O) groups is 2. The second-order valence-corrected chi connectivity index (χ2v) is 4.41. The number of carbonyl (C=O) groups excluding carboxylic acids is 1. The summed E-state index contributed by atoms with van der Waals surface area (Å²) in [5, 5.41) is 22.5. The number of hydrogen-bond donors (Lipinski definition) is 3. The average Bonchev–Trinajstić information content (AvgIpc) is 2.51. The number of rotatable bonds is 7. The van der Waals surface area contributed by atoms with Gasteiger partial charge in [-0.3, -0.25) is 9.59 Å².